The van der Waals surface area contributed by atoms with Crippen molar-refractivity contribution in [2.24, 2.45) is 0 Å². The van der Waals surface area contributed by atoms with E-state index in [9.17, 15) is 9.59 Å². The smallest absolute Gasteiger partial charge is 0.306 e. The Morgan fingerprint density at radius 1 is 1.21 bits per heavy atom. The Balaban J connectivity index is 1.53. The van der Waals surface area contributed by atoms with Gasteiger partial charge in [0, 0.05) is 11.3 Å². The van der Waals surface area contributed by atoms with E-state index in [1.165, 1.54) is 0 Å². The van der Waals surface area contributed by atoms with Gasteiger partial charge in [0.15, 0.2) is 6.61 Å². The van der Waals surface area contributed by atoms with E-state index in [1.807, 2.05) is 48.7 Å². The molecule has 128 valence electrons. The first-order valence-corrected chi connectivity index (χ1v) is 8.65. The van der Waals surface area contributed by atoms with Crippen LogP contribution >= 0.6 is 11.3 Å². The van der Waals surface area contributed by atoms with Crippen LogP contribution in [-0.2, 0) is 20.9 Å². The van der Waals surface area contributed by atoms with Gasteiger partial charge in [0.1, 0.15) is 5.75 Å². The van der Waals surface area contributed by atoms with Gasteiger partial charge in [-0.2, -0.15) is 0 Å². The summed E-state index contributed by atoms with van der Waals surface area (Å²) in [6.45, 7) is 2.64. The number of hydrogen-bond donors (Lipinski definition) is 1. The fraction of sp³-hybridized carbons (Fsp3) is 0.333. The van der Waals surface area contributed by atoms with E-state index < -0.39 is 5.97 Å². The molecule has 5 nitrogen and oxygen atoms in total. The van der Waals surface area contributed by atoms with E-state index in [0.29, 0.717) is 19.6 Å². The lowest BCUT2D eigenvalue weighted by atomic mass is 10.2. The predicted octanol–water partition coefficient (Wildman–Crippen LogP) is 3.08. The lowest BCUT2D eigenvalue weighted by Gasteiger charge is -2.07. The van der Waals surface area contributed by atoms with Crippen LogP contribution in [-0.4, -0.2) is 25.1 Å². The number of carbonyl (C=O) groups is 2. The van der Waals surface area contributed by atoms with Gasteiger partial charge in [-0.25, -0.2) is 0 Å². The molecular weight excluding hydrogens is 326 g/mol. The van der Waals surface area contributed by atoms with Crippen LogP contribution in [0.5, 0.6) is 5.75 Å². The molecule has 0 aliphatic carbocycles. The fourth-order valence-electron chi connectivity index (χ4n) is 1.98. The van der Waals surface area contributed by atoms with E-state index in [0.717, 1.165) is 16.2 Å². The molecule has 2 aromatic rings. The molecule has 1 aromatic heterocycles. The normalized spacial score (nSPS) is 10.2. The van der Waals surface area contributed by atoms with Gasteiger partial charge < -0.3 is 14.8 Å². The van der Waals surface area contributed by atoms with E-state index in [4.69, 9.17) is 9.47 Å². The van der Waals surface area contributed by atoms with Gasteiger partial charge in [-0.1, -0.05) is 18.2 Å². The first-order chi connectivity index (χ1) is 11.6. The highest BCUT2D eigenvalue weighted by Gasteiger charge is 2.07. The Labute approximate surface area is 145 Å². The van der Waals surface area contributed by atoms with E-state index in [2.05, 4.69) is 5.32 Å². The highest BCUT2D eigenvalue weighted by Crippen LogP contribution is 2.12. The van der Waals surface area contributed by atoms with Crippen molar-refractivity contribution in [3.8, 4) is 5.75 Å². The van der Waals surface area contributed by atoms with Gasteiger partial charge in [-0.05, 0) is 42.5 Å². The lowest BCUT2D eigenvalue weighted by molar-refractivity contribution is -0.148. The third kappa shape index (κ3) is 6.83. The Bertz CT molecular complexity index is 655. The minimum Gasteiger partial charge on any atom is -0.494 e. The van der Waals surface area contributed by atoms with Crippen molar-refractivity contribution in [3.63, 3.8) is 0 Å². The molecule has 1 amide bonds. The highest BCUT2D eigenvalue weighted by molar-refractivity contribution is 7.09. The molecule has 0 atom stereocenters. The van der Waals surface area contributed by atoms with Gasteiger partial charge >= 0.3 is 5.97 Å². The Kier molecular flexibility index (Phi) is 7.29. The van der Waals surface area contributed by atoms with Crippen LogP contribution in [0.3, 0.4) is 0 Å². The summed E-state index contributed by atoms with van der Waals surface area (Å²) < 4.78 is 10.5. The van der Waals surface area contributed by atoms with Crippen LogP contribution in [0.15, 0.2) is 41.8 Å². The summed E-state index contributed by atoms with van der Waals surface area (Å²) >= 11 is 1.57. The van der Waals surface area contributed by atoms with Crippen molar-refractivity contribution in [2.75, 3.05) is 13.2 Å². The number of thiophene rings is 1. The summed E-state index contributed by atoms with van der Waals surface area (Å²) in [5, 5.41) is 4.65. The standard InChI is InChI=1S/C18H21NO4S/c1-14-5-2-6-15(11-14)22-9-3-8-18(21)23-13-17(20)19-12-16-7-4-10-24-16/h2,4-7,10-11H,3,8-9,12-13H2,1H3,(H,19,20). The molecule has 6 heteroatoms. The first-order valence-electron chi connectivity index (χ1n) is 7.77. The third-order valence-corrected chi connectivity index (χ3v) is 4.06. The third-order valence-electron chi connectivity index (χ3n) is 3.19. The van der Waals surface area contributed by atoms with Crippen LogP contribution in [0.2, 0.25) is 0 Å². The number of carbonyl (C=O) groups excluding carboxylic acids is 2. The molecule has 24 heavy (non-hydrogen) atoms. The predicted molar refractivity (Wildman–Crippen MR) is 93.0 cm³/mol. The summed E-state index contributed by atoms with van der Waals surface area (Å²) in [5.74, 6) is 0.0956. The Hall–Kier alpha value is -2.34. The minimum absolute atomic E-state index is 0.226. The molecule has 1 aromatic carbocycles. The van der Waals surface area contributed by atoms with Crippen LogP contribution in [0.4, 0.5) is 0 Å². The average molecular weight is 347 g/mol. The summed E-state index contributed by atoms with van der Waals surface area (Å²) in [6, 6.07) is 11.6. The van der Waals surface area contributed by atoms with Gasteiger partial charge in [-0.3, -0.25) is 9.59 Å². The monoisotopic (exact) mass is 347 g/mol. The van der Waals surface area contributed by atoms with Crippen LogP contribution in [0, 0.1) is 6.92 Å². The summed E-state index contributed by atoms with van der Waals surface area (Å²) in [4.78, 5) is 24.2. The van der Waals surface area contributed by atoms with E-state index >= 15 is 0 Å². The average Bonchev–Trinajstić information content (AvgIpc) is 3.08. The fourth-order valence-corrected chi connectivity index (χ4v) is 2.62. The minimum atomic E-state index is -0.394. The molecule has 0 bridgehead atoms. The molecule has 0 spiro atoms. The molecular formula is C18H21NO4S. The maximum Gasteiger partial charge on any atom is 0.306 e. The Morgan fingerprint density at radius 3 is 2.83 bits per heavy atom. The second kappa shape index (κ2) is 9.72. The topological polar surface area (TPSA) is 64.6 Å². The molecule has 0 aliphatic rings. The number of nitrogens with one attached hydrogen (secondary N) is 1. The largest absolute Gasteiger partial charge is 0.494 e. The van der Waals surface area contributed by atoms with Crippen molar-refractivity contribution in [1.29, 1.82) is 0 Å². The van der Waals surface area contributed by atoms with Crippen molar-refractivity contribution >= 4 is 23.2 Å². The molecule has 2 rings (SSSR count). The number of benzene rings is 1. The number of hydrogen-bond acceptors (Lipinski definition) is 5. The van der Waals surface area contributed by atoms with Crippen molar-refractivity contribution in [3.05, 3.63) is 52.2 Å². The van der Waals surface area contributed by atoms with Gasteiger partial charge in [0.2, 0.25) is 0 Å². The van der Waals surface area contributed by atoms with Gasteiger partial charge in [0.25, 0.3) is 5.91 Å². The molecule has 0 radical (unpaired) electrons. The summed E-state index contributed by atoms with van der Waals surface area (Å²) in [5.41, 5.74) is 1.13. The maximum absolute atomic E-state index is 11.6. The molecule has 1 N–H and O–H groups in total. The van der Waals surface area contributed by atoms with Crippen LogP contribution < -0.4 is 10.1 Å². The van der Waals surface area contributed by atoms with Crippen LogP contribution in [0.25, 0.3) is 0 Å². The molecule has 0 fully saturated rings. The molecule has 1 heterocycles. The molecule has 0 aliphatic heterocycles. The highest BCUT2D eigenvalue weighted by atomic mass is 32.1. The summed E-state index contributed by atoms with van der Waals surface area (Å²) in [6.07, 6.45) is 0.771. The van der Waals surface area contributed by atoms with Crippen molar-refractivity contribution in [1.82, 2.24) is 5.32 Å². The maximum atomic E-state index is 11.6. The zero-order chi connectivity index (χ0) is 17.2. The van der Waals surface area contributed by atoms with E-state index in [1.54, 1.807) is 11.3 Å². The van der Waals surface area contributed by atoms with Gasteiger partial charge in [0.05, 0.1) is 13.2 Å². The van der Waals surface area contributed by atoms with Crippen molar-refractivity contribution < 1.29 is 19.1 Å². The zero-order valence-electron chi connectivity index (χ0n) is 13.6. The van der Waals surface area contributed by atoms with Gasteiger partial charge in [-0.15, -0.1) is 11.3 Å². The molecule has 0 saturated heterocycles. The molecule has 0 unspecified atom stereocenters. The Morgan fingerprint density at radius 2 is 2.08 bits per heavy atom. The number of aryl methyl sites for hydroxylation is 1. The number of amides is 1. The van der Waals surface area contributed by atoms with E-state index in [-0.39, 0.29) is 18.9 Å². The number of esters is 1. The summed E-state index contributed by atoms with van der Waals surface area (Å²) in [7, 11) is 0. The second-order valence-electron chi connectivity index (χ2n) is 5.29. The quantitative estimate of drug-likeness (QED) is 0.559. The lowest BCUT2D eigenvalue weighted by Crippen LogP contribution is -2.28. The number of rotatable bonds is 9. The van der Waals surface area contributed by atoms with Crippen molar-refractivity contribution in [2.45, 2.75) is 26.3 Å². The molecule has 0 saturated carbocycles. The zero-order valence-corrected chi connectivity index (χ0v) is 14.4. The second-order valence-corrected chi connectivity index (χ2v) is 6.32. The first kappa shape index (κ1) is 18.0. The number of ether oxygens (including phenoxy) is 2. The van der Waals surface area contributed by atoms with Crippen LogP contribution in [0.1, 0.15) is 23.3 Å². The SMILES string of the molecule is Cc1cccc(OCCCC(=O)OCC(=O)NCc2cccs2)c1.